The van der Waals surface area contributed by atoms with Gasteiger partial charge < -0.3 is 13.9 Å². The second-order valence-corrected chi connectivity index (χ2v) is 15.4. The van der Waals surface area contributed by atoms with Crippen LogP contribution in [0.3, 0.4) is 0 Å². The lowest BCUT2D eigenvalue weighted by Crippen LogP contribution is -2.37. The first kappa shape index (κ1) is 30.5. The quantitative estimate of drug-likeness (QED) is 0.229. The maximum atomic E-state index is 13.1. The molecule has 2 unspecified atom stereocenters. The number of carbonyl (C=O) groups excluding carboxylic acids is 1. The van der Waals surface area contributed by atoms with Crippen molar-refractivity contribution in [3.05, 3.63) is 59.5 Å². The molecule has 0 spiro atoms. The number of fused-ring (bicyclic) bond motifs is 3. The summed E-state index contributed by atoms with van der Waals surface area (Å²) in [6.45, 7) is 10.3. The predicted octanol–water partition coefficient (Wildman–Crippen LogP) is 7.73. The van der Waals surface area contributed by atoms with E-state index in [1.54, 1.807) is 11.0 Å². The molecule has 3 aliphatic rings. The minimum Gasteiger partial charge on any atom is -0.444 e. The van der Waals surface area contributed by atoms with E-state index in [9.17, 15) is 26.4 Å². The molecular weight excluding hydrogens is 595 g/mol. The number of nitrogens with one attached hydrogen (secondary N) is 1. The molecule has 1 amide bonds. The summed E-state index contributed by atoms with van der Waals surface area (Å²) in [6.07, 6.45) is 4.50. The topological polar surface area (TPSA) is 102 Å². The van der Waals surface area contributed by atoms with Crippen LogP contribution in [-0.2, 0) is 21.3 Å². The van der Waals surface area contributed by atoms with Crippen LogP contribution in [-0.4, -0.2) is 47.0 Å². The Hall–Kier alpha value is -3.54. The summed E-state index contributed by atoms with van der Waals surface area (Å²) in [4.78, 5) is 22.9. The summed E-state index contributed by atoms with van der Waals surface area (Å²) in [6, 6.07) is 10.4. The highest BCUT2D eigenvalue weighted by atomic mass is 32.2. The van der Waals surface area contributed by atoms with Gasteiger partial charge in [0, 0.05) is 23.9 Å². The number of carbonyl (C=O) groups is 1. The molecule has 236 valence electrons. The van der Waals surface area contributed by atoms with Crippen molar-refractivity contribution in [2.75, 3.05) is 6.54 Å². The van der Waals surface area contributed by atoms with Gasteiger partial charge in [-0.25, -0.2) is 9.78 Å². The van der Waals surface area contributed by atoms with Crippen molar-refractivity contribution in [3.63, 3.8) is 0 Å². The van der Waals surface area contributed by atoms with E-state index < -0.39 is 21.2 Å². The average Bonchev–Trinajstić information content (AvgIpc) is 3.57. The van der Waals surface area contributed by atoms with E-state index >= 15 is 0 Å². The van der Waals surface area contributed by atoms with E-state index in [2.05, 4.69) is 23.0 Å². The van der Waals surface area contributed by atoms with Crippen LogP contribution >= 0.6 is 0 Å². The van der Waals surface area contributed by atoms with E-state index in [0.29, 0.717) is 30.0 Å². The van der Waals surface area contributed by atoms with Crippen LogP contribution in [0.25, 0.3) is 22.4 Å². The lowest BCUT2D eigenvalue weighted by Gasteiger charge is -2.31. The number of aromatic amines is 1. The van der Waals surface area contributed by atoms with Crippen LogP contribution in [0, 0.1) is 11.3 Å². The molecule has 6 rings (SSSR count). The van der Waals surface area contributed by atoms with Crippen LogP contribution in [0.15, 0.2) is 42.6 Å². The first-order valence-corrected chi connectivity index (χ1v) is 16.2. The van der Waals surface area contributed by atoms with Gasteiger partial charge in [0.1, 0.15) is 17.2 Å². The Morgan fingerprint density at radius 3 is 2.34 bits per heavy atom. The molecule has 1 aromatic heterocycles. The Bertz CT molecular complexity index is 1710. The Morgan fingerprint density at radius 1 is 1.05 bits per heavy atom. The highest BCUT2D eigenvalue weighted by Gasteiger charge is 2.50. The van der Waals surface area contributed by atoms with E-state index in [1.807, 2.05) is 51.2 Å². The number of hydrogen-bond donors (Lipinski definition) is 1. The molecule has 2 heterocycles. The fourth-order valence-corrected chi connectivity index (χ4v) is 7.22. The number of halogens is 3. The van der Waals surface area contributed by atoms with Gasteiger partial charge in [0.15, 0.2) is 0 Å². The van der Waals surface area contributed by atoms with Crippen LogP contribution in [0.1, 0.15) is 82.8 Å². The van der Waals surface area contributed by atoms with Crippen molar-refractivity contribution in [2.45, 2.75) is 83.4 Å². The van der Waals surface area contributed by atoms with E-state index in [0.717, 1.165) is 41.5 Å². The number of ether oxygens (including phenoxy) is 1. The zero-order valence-electron chi connectivity index (χ0n) is 25.3. The first-order valence-electron chi connectivity index (χ1n) is 14.7. The summed E-state index contributed by atoms with van der Waals surface area (Å²) in [5.41, 5.74) is -1.51. The third kappa shape index (κ3) is 5.57. The number of imidazole rings is 1. The second kappa shape index (κ2) is 10.3. The standard InChI is InChI=1S/C32H36F3N3O5S/c1-30(2,3)42-29(39)38-17-31(4,5)15-25(38)28-36-16-24(37-28)19-8-6-18(7-9-19)21-12-13-26(43-44(40,41)32(33,34)35)23-14-20-10-11-22(20)27(21)23/h6-9,12-13,16,20,22,25H,10-11,14-15,17H2,1-5H3,(H,36,37)/t20?,22?,25-/m0/s1. The highest BCUT2D eigenvalue weighted by molar-refractivity contribution is 7.88. The second-order valence-electron chi connectivity index (χ2n) is 13.9. The molecule has 3 atom stereocenters. The van der Waals surface area contributed by atoms with Crippen molar-refractivity contribution in [3.8, 4) is 28.1 Å². The molecule has 12 heteroatoms. The van der Waals surface area contributed by atoms with Crippen molar-refractivity contribution in [2.24, 2.45) is 11.3 Å². The summed E-state index contributed by atoms with van der Waals surface area (Å²) in [5, 5.41) is 0. The number of aromatic nitrogens is 2. The third-order valence-corrected chi connectivity index (χ3v) is 9.77. The minimum absolute atomic E-state index is 0.104. The SMILES string of the molecule is CC1(C)C[C@@H](c2nc(-c3ccc(-c4ccc(OS(=O)(=O)C(F)(F)F)c5c4C4CCC4C5)cc3)c[nH]2)N(C(=O)OC(C)(C)C)C1. The minimum atomic E-state index is -5.77. The molecule has 0 radical (unpaired) electrons. The summed E-state index contributed by atoms with van der Waals surface area (Å²) in [5.74, 6) is 0.865. The molecular formula is C32H36F3N3O5S. The third-order valence-electron chi connectivity index (χ3n) is 8.81. The summed E-state index contributed by atoms with van der Waals surface area (Å²) in [7, 11) is -5.77. The normalized spacial score (nSPS) is 22.7. The summed E-state index contributed by atoms with van der Waals surface area (Å²) >= 11 is 0. The van der Waals surface area contributed by atoms with E-state index in [-0.39, 0.29) is 35.1 Å². The Labute approximate surface area is 255 Å². The van der Waals surface area contributed by atoms with Gasteiger partial charge in [-0.1, -0.05) is 44.2 Å². The van der Waals surface area contributed by atoms with Crippen molar-refractivity contribution in [1.82, 2.24) is 14.9 Å². The maximum absolute atomic E-state index is 13.1. The van der Waals surface area contributed by atoms with Crippen molar-refractivity contribution >= 4 is 16.2 Å². The van der Waals surface area contributed by atoms with E-state index in [4.69, 9.17) is 9.72 Å². The van der Waals surface area contributed by atoms with Gasteiger partial charge in [-0.2, -0.15) is 21.6 Å². The molecule has 2 fully saturated rings. The number of alkyl halides is 3. The van der Waals surface area contributed by atoms with Crippen LogP contribution in [0.5, 0.6) is 5.75 Å². The van der Waals surface area contributed by atoms with Gasteiger partial charge in [0.2, 0.25) is 0 Å². The Balaban J connectivity index is 1.26. The number of nitrogens with zero attached hydrogens (tertiary/aromatic N) is 2. The van der Waals surface area contributed by atoms with Gasteiger partial charge in [-0.3, -0.25) is 4.90 Å². The zero-order valence-corrected chi connectivity index (χ0v) is 26.1. The molecule has 44 heavy (non-hydrogen) atoms. The predicted molar refractivity (Wildman–Crippen MR) is 158 cm³/mol. The number of hydrogen-bond acceptors (Lipinski definition) is 6. The van der Waals surface area contributed by atoms with Crippen molar-refractivity contribution < 1.29 is 35.3 Å². The van der Waals surface area contributed by atoms with E-state index in [1.165, 1.54) is 6.07 Å². The number of likely N-dealkylation sites (tertiary alicyclic amines) is 1. The number of rotatable bonds is 5. The summed E-state index contributed by atoms with van der Waals surface area (Å²) < 4.78 is 73.0. The molecule has 8 nitrogen and oxygen atoms in total. The van der Waals surface area contributed by atoms with Crippen LogP contribution < -0.4 is 4.18 Å². The Kier molecular flexibility index (Phi) is 7.10. The molecule has 1 saturated carbocycles. The molecule has 2 aliphatic carbocycles. The van der Waals surface area contributed by atoms with Gasteiger partial charge >= 0.3 is 21.7 Å². The zero-order chi connectivity index (χ0) is 31.8. The monoisotopic (exact) mass is 631 g/mol. The molecule has 1 saturated heterocycles. The molecule has 0 bridgehead atoms. The molecule has 1 N–H and O–H groups in total. The fourth-order valence-electron chi connectivity index (χ4n) is 6.73. The van der Waals surface area contributed by atoms with Crippen LogP contribution in [0.4, 0.5) is 18.0 Å². The smallest absolute Gasteiger partial charge is 0.444 e. The van der Waals surface area contributed by atoms with Gasteiger partial charge in [0.25, 0.3) is 0 Å². The van der Waals surface area contributed by atoms with Gasteiger partial charge in [-0.05, 0) is 86.5 Å². The highest BCUT2D eigenvalue weighted by Crippen LogP contribution is 2.56. The number of benzene rings is 2. The maximum Gasteiger partial charge on any atom is 0.534 e. The lowest BCUT2D eigenvalue weighted by atomic mass is 9.73. The largest absolute Gasteiger partial charge is 0.534 e. The first-order chi connectivity index (χ1) is 20.4. The van der Waals surface area contributed by atoms with Crippen LogP contribution in [0.2, 0.25) is 0 Å². The average molecular weight is 632 g/mol. The molecule has 1 aliphatic heterocycles. The molecule has 3 aromatic rings. The lowest BCUT2D eigenvalue weighted by molar-refractivity contribution is -0.0500. The fraction of sp³-hybridized carbons (Fsp3) is 0.500. The van der Waals surface area contributed by atoms with Crippen molar-refractivity contribution in [1.29, 1.82) is 0 Å². The van der Waals surface area contributed by atoms with Gasteiger partial charge in [-0.15, -0.1) is 0 Å². The van der Waals surface area contributed by atoms with Gasteiger partial charge in [0.05, 0.1) is 11.7 Å². The number of amides is 1. The Morgan fingerprint density at radius 2 is 1.73 bits per heavy atom. The number of H-pyrrole nitrogens is 1. The molecule has 2 aromatic carbocycles.